The van der Waals surface area contributed by atoms with Crippen molar-refractivity contribution in [1.29, 1.82) is 0 Å². The molecule has 0 aliphatic rings. The molecule has 0 saturated heterocycles. The fraction of sp³-hybridized carbons (Fsp3) is 0.188. The van der Waals surface area contributed by atoms with E-state index in [2.05, 4.69) is 0 Å². The Morgan fingerprint density at radius 1 is 1.16 bits per heavy atom. The standard InChI is InChI=1S/C16H14ClFO/c1-10-6-13(7-11(2)16(10)18)15(19)9-12-4-3-5-14(17)8-12/h3-8H,9H2,1-2H3. The number of ketones is 1. The number of carbonyl (C=O) groups is 1. The molecule has 1 nitrogen and oxygen atoms in total. The van der Waals surface area contributed by atoms with Gasteiger partial charge in [0.25, 0.3) is 0 Å². The number of hydrogen-bond donors (Lipinski definition) is 0. The summed E-state index contributed by atoms with van der Waals surface area (Å²) in [5.74, 6) is -0.284. The smallest absolute Gasteiger partial charge is 0.167 e. The molecule has 3 heteroatoms. The highest BCUT2D eigenvalue weighted by Crippen LogP contribution is 2.18. The maximum atomic E-state index is 13.5. The van der Waals surface area contributed by atoms with Crippen LogP contribution in [0.4, 0.5) is 4.39 Å². The van der Waals surface area contributed by atoms with Gasteiger partial charge in [0.15, 0.2) is 5.78 Å². The van der Waals surface area contributed by atoms with Crippen LogP contribution in [-0.2, 0) is 6.42 Å². The topological polar surface area (TPSA) is 17.1 Å². The third kappa shape index (κ3) is 3.21. The van der Waals surface area contributed by atoms with Crippen molar-refractivity contribution in [3.8, 4) is 0 Å². The van der Waals surface area contributed by atoms with Crippen LogP contribution in [0.25, 0.3) is 0 Å². The van der Waals surface area contributed by atoms with E-state index in [0.29, 0.717) is 21.7 Å². The molecule has 0 radical (unpaired) electrons. The first-order chi connectivity index (χ1) is 8.97. The molecule has 19 heavy (non-hydrogen) atoms. The van der Waals surface area contributed by atoms with Gasteiger partial charge in [-0.15, -0.1) is 0 Å². The van der Waals surface area contributed by atoms with Gasteiger partial charge in [-0.3, -0.25) is 4.79 Å². The fourth-order valence-corrected chi connectivity index (χ4v) is 2.25. The molecule has 0 heterocycles. The van der Waals surface area contributed by atoms with E-state index >= 15 is 0 Å². The van der Waals surface area contributed by atoms with Crippen LogP contribution in [0.15, 0.2) is 36.4 Å². The molecule has 0 fully saturated rings. The lowest BCUT2D eigenvalue weighted by Crippen LogP contribution is -2.05. The number of benzene rings is 2. The van der Waals surface area contributed by atoms with Crippen molar-refractivity contribution in [2.24, 2.45) is 0 Å². The number of aryl methyl sites for hydroxylation is 2. The van der Waals surface area contributed by atoms with E-state index in [-0.39, 0.29) is 18.0 Å². The first kappa shape index (κ1) is 13.8. The summed E-state index contributed by atoms with van der Waals surface area (Å²) in [5, 5.41) is 0.608. The van der Waals surface area contributed by atoms with Crippen LogP contribution in [0.5, 0.6) is 0 Å². The Morgan fingerprint density at radius 3 is 2.37 bits per heavy atom. The number of halogens is 2. The van der Waals surface area contributed by atoms with Crippen LogP contribution in [0.2, 0.25) is 5.02 Å². The highest BCUT2D eigenvalue weighted by molar-refractivity contribution is 6.30. The van der Waals surface area contributed by atoms with E-state index in [1.165, 1.54) is 0 Å². The molecule has 0 aromatic heterocycles. The minimum atomic E-state index is -0.251. The Hall–Kier alpha value is -1.67. The predicted molar refractivity (Wildman–Crippen MR) is 75.4 cm³/mol. The Morgan fingerprint density at radius 2 is 1.79 bits per heavy atom. The molecule has 0 bridgehead atoms. The van der Waals surface area contributed by atoms with Gasteiger partial charge in [-0.25, -0.2) is 4.39 Å². The van der Waals surface area contributed by atoms with E-state index in [4.69, 9.17) is 11.6 Å². The van der Waals surface area contributed by atoms with Crippen molar-refractivity contribution in [1.82, 2.24) is 0 Å². The average Bonchev–Trinajstić information content (AvgIpc) is 2.35. The van der Waals surface area contributed by atoms with Gasteiger partial charge in [0.2, 0.25) is 0 Å². The van der Waals surface area contributed by atoms with Crippen molar-refractivity contribution >= 4 is 17.4 Å². The number of rotatable bonds is 3. The van der Waals surface area contributed by atoms with Gasteiger partial charge < -0.3 is 0 Å². The lowest BCUT2D eigenvalue weighted by Gasteiger charge is -2.06. The maximum Gasteiger partial charge on any atom is 0.167 e. The zero-order chi connectivity index (χ0) is 14.0. The van der Waals surface area contributed by atoms with Crippen molar-refractivity contribution in [2.75, 3.05) is 0 Å². The van der Waals surface area contributed by atoms with Gasteiger partial charge in [-0.1, -0.05) is 23.7 Å². The van der Waals surface area contributed by atoms with Crippen molar-refractivity contribution in [2.45, 2.75) is 20.3 Å². The molecule has 2 aromatic rings. The zero-order valence-corrected chi connectivity index (χ0v) is 11.6. The molecule has 98 valence electrons. The fourth-order valence-electron chi connectivity index (χ4n) is 2.04. The van der Waals surface area contributed by atoms with E-state index in [0.717, 1.165) is 5.56 Å². The number of carbonyl (C=O) groups excluding carboxylic acids is 1. The SMILES string of the molecule is Cc1cc(C(=O)Cc2cccc(Cl)c2)cc(C)c1F. The van der Waals surface area contributed by atoms with Crippen LogP contribution >= 0.6 is 11.6 Å². The van der Waals surface area contributed by atoms with E-state index < -0.39 is 0 Å². The Bertz CT molecular complexity index is 611. The van der Waals surface area contributed by atoms with Gasteiger partial charge in [0, 0.05) is 17.0 Å². The van der Waals surface area contributed by atoms with Gasteiger partial charge in [0.1, 0.15) is 5.82 Å². The Labute approximate surface area is 117 Å². The second-order valence-electron chi connectivity index (χ2n) is 4.65. The zero-order valence-electron chi connectivity index (χ0n) is 10.8. The molecule has 0 spiro atoms. The van der Waals surface area contributed by atoms with Gasteiger partial charge in [-0.2, -0.15) is 0 Å². The second-order valence-corrected chi connectivity index (χ2v) is 5.09. The lowest BCUT2D eigenvalue weighted by atomic mass is 9.99. The Kier molecular flexibility index (Phi) is 4.01. The van der Waals surface area contributed by atoms with Gasteiger partial charge in [0.05, 0.1) is 0 Å². The van der Waals surface area contributed by atoms with E-state index in [9.17, 15) is 9.18 Å². The summed E-state index contributed by atoms with van der Waals surface area (Å²) in [6.45, 7) is 3.33. The number of hydrogen-bond acceptors (Lipinski definition) is 1. The average molecular weight is 277 g/mol. The summed E-state index contributed by atoms with van der Waals surface area (Å²) in [4.78, 5) is 12.2. The predicted octanol–water partition coefficient (Wildman–Crippen LogP) is 4.52. The normalized spacial score (nSPS) is 10.5. The monoisotopic (exact) mass is 276 g/mol. The van der Waals surface area contributed by atoms with Gasteiger partial charge >= 0.3 is 0 Å². The van der Waals surface area contributed by atoms with Crippen molar-refractivity contribution < 1.29 is 9.18 Å². The summed E-state index contributed by atoms with van der Waals surface area (Å²) < 4.78 is 13.5. The van der Waals surface area contributed by atoms with Crippen LogP contribution in [0.3, 0.4) is 0 Å². The minimum absolute atomic E-state index is 0.0338. The summed E-state index contributed by atoms with van der Waals surface area (Å²) in [7, 11) is 0. The molecular formula is C16H14ClFO. The van der Waals surface area contributed by atoms with E-state index in [1.807, 2.05) is 12.1 Å². The maximum absolute atomic E-state index is 13.5. The van der Waals surface area contributed by atoms with Crippen LogP contribution < -0.4 is 0 Å². The molecule has 0 amide bonds. The minimum Gasteiger partial charge on any atom is -0.294 e. The lowest BCUT2D eigenvalue weighted by molar-refractivity contribution is 0.0993. The van der Waals surface area contributed by atoms with Crippen molar-refractivity contribution in [3.05, 3.63) is 69.5 Å². The summed E-state index contributed by atoms with van der Waals surface area (Å²) in [6.07, 6.45) is 0.269. The highest BCUT2D eigenvalue weighted by atomic mass is 35.5. The van der Waals surface area contributed by atoms with Crippen LogP contribution in [-0.4, -0.2) is 5.78 Å². The third-order valence-electron chi connectivity index (χ3n) is 3.01. The summed E-state index contributed by atoms with van der Waals surface area (Å²) in [5.41, 5.74) is 2.39. The first-order valence-corrected chi connectivity index (χ1v) is 6.39. The first-order valence-electron chi connectivity index (χ1n) is 6.02. The largest absolute Gasteiger partial charge is 0.294 e. The Balaban J connectivity index is 2.25. The van der Waals surface area contributed by atoms with Crippen molar-refractivity contribution in [3.63, 3.8) is 0 Å². The molecule has 0 aliphatic heterocycles. The molecule has 2 rings (SSSR count). The molecule has 0 unspecified atom stereocenters. The molecule has 0 atom stereocenters. The van der Waals surface area contributed by atoms with Crippen LogP contribution in [0, 0.1) is 19.7 Å². The van der Waals surface area contributed by atoms with Gasteiger partial charge in [-0.05, 0) is 54.8 Å². The molecular weight excluding hydrogens is 263 g/mol. The third-order valence-corrected chi connectivity index (χ3v) is 3.25. The molecule has 0 N–H and O–H groups in total. The molecule has 0 aliphatic carbocycles. The summed E-state index contributed by atoms with van der Waals surface area (Å²) in [6, 6.07) is 10.4. The van der Waals surface area contributed by atoms with Crippen LogP contribution in [0.1, 0.15) is 27.0 Å². The second kappa shape index (κ2) is 5.54. The number of Topliss-reactive ketones (excluding diaryl/α,β-unsaturated/α-hetero) is 1. The highest BCUT2D eigenvalue weighted by Gasteiger charge is 2.11. The summed E-state index contributed by atoms with van der Waals surface area (Å²) >= 11 is 5.88. The molecule has 2 aromatic carbocycles. The van der Waals surface area contributed by atoms with E-state index in [1.54, 1.807) is 38.1 Å². The molecule has 0 saturated carbocycles. The quantitative estimate of drug-likeness (QED) is 0.753.